The van der Waals surface area contributed by atoms with E-state index in [9.17, 15) is 22.4 Å². The first-order valence-electron chi connectivity index (χ1n) is 10.1. The van der Waals surface area contributed by atoms with Crippen molar-refractivity contribution >= 4 is 11.7 Å². The predicted octanol–water partition coefficient (Wildman–Crippen LogP) is 4.39. The molecular weight excluding hydrogens is 426 g/mol. The molecule has 3 heterocycles. The quantitative estimate of drug-likeness (QED) is 0.590. The lowest BCUT2D eigenvalue weighted by Crippen LogP contribution is -2.36. The summed E-state index contributed by atoms with van der Waals surface area (Å²) in [4.78, 5) is 18.4. The summed E-state index contributed by atoms with van der Waals surface area (Å²) in [6, 6.07) is 9.49. The number of halogens is 4. The van der Waals surface area contributed by atoms with E-state index in [1.54, 1.807) is 19.3 Å². The van der Waals surface area contributed by atoms with E-state index < -0.39 is 30.0 Å². The van der Waals surface area contributed by atoms with Gasteiger partial charge in [0.25, 0.3) is 5.91 Å². The highest BCUT2D eigenvalue weighted by Gasteiger charge is 2.46. The highest BCUT2D eigenvalue weighted by atomic mass is 19.4. The first kappa shape index (κ1) is 21.8. The summed E-state index contributed by atoms with van der Waals surface area (Å²) in [6.45, 7) is 0.340. The van der Waals surface area contributed by atoms with Crippen molar-refractivity contribution in [3.8, 4) is 0 Å². The van der Waals surface area contributed by atoms with Crippen molar-refractivity contribution in [1.82, 2.24) is 19.7 Å². The summed E-state index contributed by atoms with van der Waals surface area (Å²) in [5.41, 5.74) is 1.25. The molecule has 1 aromatic carbocycles. The normalized spacial score (nSPS) is 18.0. The molecule has 10 heteroatoms. The van der Waals surface area contributed by atoms with Gasteiger partial charge in [-0.2, -0.15) is 18.3 Å². The number of benzene rings is 1. The molecule has 4 rings (SSSR count). The molecule has 0 radical (unpaired) electrons. The Morgan fingerprint density at radius 3 is 2.62 bits per heavy atom. The van der Waals surface area contributed by atoms with Gasteiger partial charge in [0.1, 0.15) is 11.6 Å². The second-order valence-electron chi connectivity index (χ2n) is 7.70. The van der Waals surface area contributed by atoms with Gasteiger partial charge in [-0.25, -0.2) is 9.07 Å². The number of fused-ring (bicyclic) bond motifs is 1. The summed E-state index contributed by atoms with van der Waals surface area (Å²) < 4.78 is 55.5. The second-order valence-corrected chi connectivity index (χ2v) is 7.70. The molecule has 2 unspecified atom stereocenters. The molecule has 3 aromatic rings. The molecule has 1 aliphatic heterocycles. The minimum atomic E-state index is -4.56. The van der Waals surface area contributed by atoms with Crippen LogP contribution >= 0.6 is 0 Å². The van der Waals surface area contributed by atoms with Gasteiger partial charge in [-0.15, -0.1) is 0 Å². The van der Waals surface area contributed by atoms with E-state index in [1.807, 2.05) is 12.1 Å². The van der Waals surface area contributed by atoms with E-state index in [1.165, 1.54) is 35.2 Å². The van der Waals surface area contributed by atoms with E-state index >= 15 is 0 Å². The van der Waals surface area contributed by atoms with Crippen LogP contribution < -0.4 is 5.32 Å². The largest absolute Gasteiger partial charge is 0.410 e. The van der Waals surface area contributed by atoms with Gasteiger partial charge >= 0.3 is 6.18 Å². The van der Waals surface area contributed by atoms with E-state index in [0.717, 1.165) is 10.4 Å². The first-order valence-corrected chi connectivity index (χ1v) is 10.1. The molecule has 0 saturated heterocycles. The van der Waals surface area contributed by atoms with Gasteiger partial charge in [0.05, 0.1) is 6.04 Å². The number of amides is 1. The fourth-order valence-corrected chi connectivity index (χ4v) is 3.72. The van der Waals surface area contributed by atoms with Crippen LogP contribution in [0.5, 0.6) is 0 Å². The van der Waals surface area contributed by atoms with Crippen molar-refractivity contribution < 1.29 is 22.4 Å². The molecule has 0 bridgehead atoms. The van der Waals surface area contributed by atoms with Crippen LogP contribution in [0.3, 0.4) is 0 Å². The van der Waals surface area contributed by atoms with E-state index in [0.29, 0.717) is 18.5 Å². The summed E-state index contributed by atoms with van der Waals surface area (Å²) in [5, 5.41) is 6.99. The monoisotopic (exact) mass is 447 g/mol. The Morgan fingerprint density at radius 2 is 1.97 bits per heavy atom. The number of rotatable bonds is 5. The predicted molar refractivity (Wildman–Crippen MR) is 110 cm³/mol. The van der Waals surface area contributed by atoms with Gasteiger partial charge < -0.3 is 10.2 Å². The summed E-state index contributed by atoms with van der Waals surface area (Å²) in [6.07, 6.45) is -2.73. The van der Waals surface area contributed by atoms with Crippen LogP contribution in [0.2, 0.25) is 0 Å². The van der Waals surface area contributed by atoms with Crippen molar-refractivity contribution in [3.05, 3.63) is 77.5 Å². The zero-order valence-electron chi connectivity index (χ0n) is 17.2. The first-order chi connectivity index (χ1) is 15.2. The van der Waals surface area contributed by atoms with Crippen LogP contribution in [0.4, 0.5) is 23.4 Å². The lowest BCUT2D eigenvalue weighted by Gasteiger charge is -2.33. The van der Waals surface area contributed by atoms with Gasteiger partial charge in [-0.3, -0.25) is 9.78 Å². The number of nitrogens with one attached hydrogen (secondary N) is 1. The number of likely N-dealkylation sites (N-methyl/N-ethyl adjacent to an activating group) is 1. The Hall–Kier alpha value is -3.43. The number of carbonyl (C=O) groups is 1. The topological polar surface area (TPSA) is 63.1 Å². The zero-order chi connectivity index (χ0) is 22.9. The maximum absolute atomic E-state index is 13.8. The number of anilines is 1. The molecule has 1 aliphatic rings. The molecule has 32 heavy (non-hydrogen) atoms. The highest BCUT2D eigenvalue weighted by Crippen LogP contribution is 2.43. The fraction of sp³-hybridized carbons (Fsp3) is 0.318. The lowest BCUT2D eigenvalue weighted by molar-refractivity contribution is -0.173. The van der Waals surface area contributed by atoms with Crippen molar-refractivity contribution in [3.63, 3.8) is 0 Å². The van der Waals surface area contributed by atoms with Crippen LogP contribution in [0.25, 0.3) is 0 Å². The van der Waals surface area contributed by atoms with Crippen LogP contribution in [0, 0.1) is 5.82 Å². The van der Waals surface area contributed by atoms with Gasteiger partial charge in [0, 0.05) is 44.4 Å². The molecule has 1 N–H and O–H groups in total. The number of pyridine rings is 1. The third kappa shape index (κ3) is 4.58. The number of hydrogen-bond acceptors (Lipinski definition) is 4. The molecule has 0 aliphatic carbocycles. The van der Waals surface area contributed by atoms with Crippen LogP contribution in [-0.4, -0.2) is 45.3 Å². The van der Waals surface area contributed by atoms with Crippen molar-refractivity contribution in [2.75, 3.05) is 18.9 Å². The Kier molecular flexibility index (Phi) is 5.86. The van der Waals surface area contributed by atoms with Gasteiger partial charge in [0.2, 0.25) is 0 Å². The van der Waals surface area contributed by atoms with E-state index in [-0.39, 0.29) is 17.9 Å². The molecule has 168 valence electrons. The van der Waals surface area contributed by atoms with E-state index in [2.05, 4.69) is 15.4 Å². The average molecular weight is 447 g/mol. The van der Waals surface area contributed by atoms with Crippen molar-refractivity contribution in [1.29, 1.82) is 0 Å². The summed E-state index contributed by atoms with van der Waals surface area (Å²) in [5.74, 6) is -0.859. The number of carbonyl (C=O) groups excluding carboxylic acids is 1. The number of aromatic nitrogens is 3. The van der Waals surface area contributed by atoms with Crippen LogP contribution in [0.1, 0.15) is 40.3 Å². The third-order valence-electron chi connectivity index (χ3n) is 5.46. The molecule has 0 fully saturated rings. The Balaban J connectivity index is 1.55. The molecule has 1 amide bonds. The van der Waals surface area contributed by atoms with Crippen LogP contribution in [-0.2, 0) is 6.42 Å². The van der Waals surface area contributed by atoms with Crippen molar-refractivity contribution in [2.24, 2.45) is 0 Å². The zero-order valence-corrected chi connectivity index (χ0v) is 17.2. The fourth-order valence-electron chi connectivity index (χ4n) is 3.72. The molecule has 0 saturated carbocycles. The third-order valence-corrected chi connectivity index (χ3v) is 5.46. The van der Waals surface area contributed by atoms with Crippen molar-refractivity contribution in [2.45, 2.75) is 31.1 Å². The lowest BCUT2D eigenvalue weighted by atomic mass is 9.97. The molecular formula is C22H21F4N5O. The maximum Gasteiger partial charge on any atom is 0.410 e. The standard InChI is InChI=1S/C22H21F4N5O/c1-30(11-9-16-4-2-3-10-27-16)21(32)18-13-20-28-17(14-5-7-15(23)8-6-14)12-19(22(24,25)26)31(20)29-18/h2-8,10,13,17,19,28H,9,11-12H2,1H3. The minimum absolute atomic E-state index is 0.0787. The Bertz CT molecular complexity index is 1080. The number of alkyl halides is 3. The smallest absolute Gasteiger partial charge is 0.363 e. The summed E-state index contributed by atoms with van der Waals surface area (Å²) >= 11 is 0. The van der Waals surface area contributed by atoms with Gasteiger partial charge in [-0.05, 0) is 29.8 Å². The number of nitrogens with zero attached hydrogens (tertiary/aromatic N) is 4. The SMILES string of the molecule is CN(CCc1ccccn1)C(=O)c1cc2n(n1)C(C(F)(F)F)CC(c1ccc(F)cc1)N2. The molecule has 2 atom stereocenters. The van der Waals surface area contributed by atoms with Gasteiger partial charge in [-0.1, -0.05) is 18.2 Å². The Labute approximate surface area is 181 Å². The van der Waals surface area contributed by atoms with E-state index in [4.69, 9.17) is 0 Å². The average Bonchev–Trinajstić information content (AvgIpc) is 3.21. The molecule has 6 nitrogen and oxygen atoms in total. The number of hydrogen-bond donors (Lipinski definition) is 1. The van der Waals surface area contributed by atoms with Crippen LogP contribution in [0.15, 0.2) is 54.7 Å². The minimum Gasteiger partial charge on any atom is -0.363 e. The summed E-state index contributed by atoms with van der Waals surface area (Å²) in [7, 11) is 1.57. The second kappa shape index (κ2) is 8.60. The molecule has 0 spiro atoms. The maximum atomic E-state index is 13.8. The Morgan fingerprint density at radius 1 is 1.22 bits per heavy atom. The van der Waals surface area contributed by atoms with Gasteiger partial charge in [0.15, 0.2) is 11.7 Å². The highest BCUT2D eigenvalue weighted by molar-refractivity contribution is 5.93. The molecule has 2 aromatic heterocycles.